The molecule has 0 heterocycles. The predicted molar refractivity (Wildman–Crippen MR) is 26.5 cm³/mol. The topological polar surface area (TPSA) is 0 Å². The zero-order valence-electron chi connectivity index (χ0n) is 4.22. The summed E-state index contributed by atoms with van der Waals surface area (Å²) in [6.45, 7) is 0. The molecule has 0 aromatic carbocycles. The summed E-state index contributed by atoms with van der Waals surface area (Å²) >= 11 is 8.21. The van der Waals surface area contributed by atoms with E-state index in [-0.39, 0.29) is 0 Å². The second-order valence-corrected chi connectivity index (χ2v) is 2.35. The van der Waals surface area contributed by atoms with Crippen molar-refractivity contribution in [2.75, 3.05) is 0 Å². The monoisotopic (exact) mass is 202 g/mol. The Morgan fingerprint density at radius 3 is 1.40 bits per heavy atom. The van der Waals surface area contributed by atoms with Gasteiger partial charge < -0.3 is 0 Å². The van der Waals surface area contributed by atoms with Crippen molar-refractivity contribution in [3.05, 3.63) is 0 Å². The first-order valence-corrected chi connectivity index (χ1v) is 2.73. The van der Waals surface area contributed by atoms with Gasteiger partial charge in [0.05, 0.1) is 0 Å². The average molecular weight is 203 g/mol. The van der Waals surface area contributed by atoms with Crippen LogP contribution in [-0.2, 0) is 0 Å². The van der Waals surface area contributed by atoms with Gasteiger partial charge in [-0.05, 0) is 0 Å². The minimum atomic E-state index is -5.49. The van der Waals surface area contributed by atoms with Crippen LogP contribution in [0, 0.1) is 0 Å². The Morgan fingerprint density at radius 2 is 1.40 bits per heavy atom. The molecule has 0 aromatic heterocycles. The minimum Gasteiger partial charge on any atom is -0.225 e. The van der Waals surface area contributed by atoms with Gasteiger partial charge in [-0.25, -0.2) is 8.78 Å². The highest BCUT2D eigenvalue weighted by molar-refractivity contribution is 6.31. The van der Waals surface area contributed by atoms with Crippen LogP contribution in [0.1, 0.15) is 0 Å². The molecular formula is C3HCl2F5. The van der Waals surface area contributed by atoms with Crippen LogP contribution in [0.25, 0.3) is 0 Å². The maximum absolute atomic E-state index is 11.9. The Labute approximate surface area is 62.9 Å². The molecule has 0 radical (unpaired) electrons. The van der Waals surface area contributed by atoms with E-state index in [2.05, 4.69) is 23.2 Å². The van der Waals surface area contributed by atoms with E-state index in [9.17, 15) is 22.0 Å². The third-order valence-corrected chi connectivity index (χ3v) is 1.47. The molecule has 0 saturated carbocycles. The van der Waals surface area contributed by atoms with Crippen LogP contribution in [0.15, 0.2) is 0 Å². The molecule has 0 N–H and O–H groups in total. The molecule has 0 aliphatic rings. The van der Waals surface area contributed by atoms with Gasteiger partial charge in [0.25, 0.3) is 0 Å². The standard InChI is InChI=1S/C3HCl2F5/c4-1(6)2(5,7)3(8,9)10/h1H/t1-,2-/m0/s1. The number of halogens is 7. The third kappa shape index (κ3) is 1.85. The fourth-order valence-corrected chi connectivity index (χ4v) is 0.247. The molecule has 2 atom stereocenters. The van der Waals surface area contributed by atoms with Crippen molar-refractivity contribution in [1.82, 2.24) is 0 Å². The van der Waals surface area contributed by atoms with E-state index in [0.717, 1.165) is 0 Å². The zero-order chi connectivity index (χ0) is 8.58. The molecule has 0 nitrogen and oxygen atoms in total. The van der Waals surface area contributed by atoms with Gasteiger partial charge in [-0.3, -0.25) is 0 Å². The van der Waals surface area contributed by atoms with E-state index in [1.807, 2.05) is 0 Å². The van der Waals surface area contributed by atoms with Crippen molar-refractivity contribution in [1.29, 1.82) is 0 Å². The molecular weight excluding hydrogens is 202 g/mol. The first-order valence-electron chi connectivity index (χ1n) is 1.92. The van der Waals surface area contributed by atoms with Crippen LogP contribution in [0.5, 0.6) is 0 Å². The van der Waals surface area contributed by atoms with Crippen LogP contribution in [0.2, 0.25) is 0 Å². The van der Waals surface area contributed by atoms with Crippen LogP contribution in [0.3, 0.4) is 0 Å². The molecule has 0 bridgehead atoms. The smallest absolute Gasteiger partial charge is 0.225 e. The van der Waals surface area contributed by atoms with Gasteiger partial charge >= 0.3 is 11.3 Å². The molecule has 10 heavy (non-hydrogen) atoms. The largest absolute Gasteiger partial charge is 0.441 e. The molecule has 0 aliphatic heterocycles. The van der Waals surface area contributed by atoms with E-state index in [1.165, 1.54) is 0 Å². The van der Waals surface area contributed by atoms with Gasteiger partial charge in [-0.1, -0.05) is 23.2 Å². The molecule has 62 valence electrons. The number of hydrogen-bond acceptors (Lipinski definition) is 0. The normalized spacial score (nSPS) is 21.9. The van der Waals surface area contributed by atoms with Crippen molar-refractivity contribution in [3.8, 4) is 0 Å². The quantitative estimate of drug-likeness (QED) is 0.453. The van der Waals surface area contributed by atoms with Gasteiger partial charge in [0.15, 0.2) is 0 Å². The van der Waals surface area contributed by atoms with E-state index in [4.69, 9.17) is 0 Å². The van der Waals surface area contributed by atoms with E-state index >= 15 is 0 Å². The van der Waals surface area contributed by atoms with Crippen molar-refractivity contribution in [3.63, 3.8) is 0 Å². The highest BCUT2D eigenvalue weighted by Gasteiger charge is 2.60. The van der Waals surface area contributed by atoms with Gasteiger partial charge in [-0.15, -0.1) is 0 Å². The fourth-order valence-electron chi connectivity index (χ4n) is 0.124. The molecule has 7 heteroatoms. The molecule has 0 saturated heterocycles. The summed E-state index contributed by atoms with van der Waals surface area (Å²) in [5.41, 5.74) is -3.30. The number of rotatable bonds is 1. The van der Waals surface area contributed by atoms with Crippen molar-refractivity contribution < 1.29 is 22.0 Å². The lowest BCUT2D eigenvalue weighted by molar-refractivity contribution is -0.206. The molecule has 0 aromatic rings. The van der Waals surface area contributed by atoms with Crippen LogP contribution in [0.4, 0.5) is 22.0 Å². The van der Waals surface area contributed by atoms with E-state index in [1.54, 1.807) is 0 Å². The lowest BCUT2D eigenvalue weighted by Gasteiger charge is -2.20. The fraction of sp³-hybridized carbons (Fsp3) is 1.00. The number of alkyl halides is 7. The van der Waals surface area contributed by atoms with Crippen molar-refractivity contribution >= 4 is 23.2 Å². The first kappa shape index (κ1) is 10.2. The summed E-state index contributed by atoms with van der Waals surface area (Å²) < 4.78 is 57.1. The average Bonchev–Trinajstić information content (AvgIpc) is 1.62. The Morgan fingerprint density at radius 1 is 1.10 bits per heavy atom. The molecule has 0 unspecified atom stereocenters. The summed E-state index contributed by atoms with van der Waals surface area (Å²) in [6, 6.07) is 0. The molecule has 0 rings (SSSR count). The third-order valence-electron chi connectivity index (χ3n) is 0.652. The molecule has 0 fully saturated rings. The molecule has 0 aliphatic carbocycles. The summed E-state index contributed by atoms with van der Waals surface area (Å²) in [5.74, 6) is 0. The second kappa shape index (κ2) is 2.70. The van der Waals surface area contributed by atoms with Crippen LogP contribution >= 0.6 is 23.2 Å². The Kier molecular flexibility index (Phi) is 2.76. The van der Waals surface area contributed by atoms with Crippen molar-refractivity contribution in [2.24, 2.45) is 0 Å². The maximum Gasteiger partial charge on any atom is 0.441 e. The van der Waals surface area contributed by atoms with Gasteiger partial charge in [0.1, 0.15) is 0 Å². The first-order chi connectivity index (χ1) is 4.19. The lowest BCUT2D eigenvalue weighted by Crippen LogP contribution is -2.41. The Hall–Kier alpha value is 0.230. The van der Waals surface area contributed by atoms with E-state index < -0.39 is 16.9 Å². The summed E-state index contributed by atoms with van der Waals surface area (Å²) in [4.78, 5) is 0. The SMILES string of the molecule is F[C@H](Cl)[C@@](F)(Cl)C(F)(F)F. The number of hydrogen-bond donors (Lipinski definition) is 0. The highest BCUT2D eigenvalue weighted by Crippen LogP contribution is 2.42. The van der Waals surface area contributed by atoms with Gasteiger partial charge in [-0.2, -0.15) is 13.2 Å². The van der Waals surface area contributed by atoms with Crippen LogP contribution < -0.4 is 0 Å². The molecule has 0 amide bonds. The van der Waals surface area contributed by atoms with Crippen LogP contribution in [-0.4, -0.2) is 16.9 Å². The summed E-state index contributed by atoms with van der Waals surface area (Å²) in [7, 11) is 0. The zero-order valence-corrected chi connectivity index (χ0v) is 5.73. The second-order valence-electron chi connectivity index (χ2n) is 1.42. The summed E-state index contributed by atoms with van der Waals surface area (Å²) in [5, 5.41) is -4.49. The minimum absolute atomic E-state index is 3.30. The van der Waals surface area contributed by atoms with E-state index in [0.29, 0.717) is 0 Å². The van der Waals surface area contributed by atoms with Gasteiger partial charge in [0.2, 0.25) is 5.63 Å². The predicted octanol–water partition coefficient (Wildman–Crippen LogP) is 2.99. The van der Waals surface area contributed by atoms with Gasteiger partial charge in [0, 0.05) is 0 Å². The maximum atomic E-state index is 11.9. The highest BCUT2D eigenvalue weighted by atomic mass is 35.5. The summed E-state index contributed by atoms with van der Waals surface area (Å²) in [6.07, 6.45) is -5.49. The molecule has 0 spiro atoms. The Balaban J connectivity index is 4.40. The van der Waals surface area contributed by atoms with Crippen molar-refractivity contribution in [2.45, 2.75) is 16.9 Å². The Bertz CT molecular complexity index is 117. The lowest BCUT2D eigenvalue weighted by atomic mass is 10.4.